The van der Waals surface area contributed by atoms with E-state index in [2.05, 4.69) is 50.1 Å². The van der Waals surface area contributed by atoms with Gasteiger partial charge < -0.3 is 5.11 Å². The number of hydrogen-bond acceptors (Lipinski definition) is 3. The highest BCUT2D eigenvalue weighted by Gasteiger charge is 2.35. The van der Waals surface area contributed by atoms with Gasteiger partial charge in [0, 0.05) is 10.4 Å². The van der Waals surface area contributed by atoms with Crippen molar-refractivity contribution in [1.82, 2.24) is 4.90 Å². The largest absolute Gasteiger partial charge is 0.391 e. The Morgan fingerprint density at radius 3 is 2.44 bits per heavy atom. The Kier molecular flexibility index (Phi) is 6.33. The van der Waals surface area contributed by atoms with Crippen LogP contribution in [-0.4, -0.2) is 34.7 Å². The lowest BCUT2D eigenvalue weighted by Gasteiger charge is -2.43. The topological polar surface area (TPSA) is 23.5 Å². The van der Waals surface area contributed by atoms with Crippen LogP contribution < -0.4 is 0 Å². The van der Waals surface area contributed by atoms with E-state index in [1.807, 2.05) is 0 Å². The van der Waals surface area contributed by atoms with Gasteiger partial charge in [0.15, 0.2) is 0 Å². The van der Waals surface area contributed by atoms with Gasteiger partial charge in [-0.25, -0.2) is 0 Å². The molecule has 18 heavy (non-hydrogen) atoms. The number of aryl methyl sites for hydroxylation is 1. The highest BCUT2D eigenvalue weighted by atomic mass is 32.1. The second-order valence-electron chi connectivity index (χ2n) is 5.02. The molecule has 0 fully saturated rings. The molecular weight excluding hydrogens is 242 g/mol. The monoisotopic (exact) mass is 269 g/mol. The van der Waals surface area contributed by atoms with Crippen LogP contribution in [0.4, 0.5) is 0 Å². The van der Waals surface area contributed by atoms with Gasteiger partial charge in [0.2, 0.25) is 0 Å². The number of likely N-dealkylation sites (N-methyl/N-ethyl adjacent to an activating group) is 1. The maximum atomic E-state index is 10.6. The minimum Gasteiger partial charge on any atom is -0.391 e. The maximum absolute atomic E-state index is 10.6. The van der Waals surface area contributed by atoms with E-state index in [9.17, 15) is 5.11 Å². The molecule has 1 aromatic heterocycles. The summed E-state index contributed by atoms with van der Waals surface area (Å²) in [5.41, 5.74) is -0.0965. The van der Waals surface area contributed by atoms with E-state index in [4.69, 9.17) is 0 Å². The van der Waals surface area contributed by atoms with Crippen molar-refractivity contribution in [3.63, 3.8) is 0 Å². The van der Waals surface area contributed by atoms with E-state index in [0.717, 1.165) is 32.4 Å². The molecule has 1 aromatic rings. The predicted molar refractivity (Wildman–Crippen MR) is 80.3 cm³/mol. The van der Waals surface area contributed by atoms with Gasteiger partial charge in [-0.05, 0) is 50.7 Å². The Morgan fingerprint density at radius 2 is 2.00 bits per heavy atom. The molecule has 0 aliphatic carbocycles. The summed E-state index contributed by atoms with van der Waals surface area (Å²) in [4.78, 5) is 3.75. The van der Waals surface area contributed by atoms with Gasteiger partial charge in [-0.2, -0.15) is 0 Å². The highest BCUT2D eigenvalue weighted by Crippen LogP contribution is 2.27. The normalized spacial score (nSPS) is 16.8. The molecule has 0 saturated carbocycles. The molecule has 2 unspecified atom stereocenters. The average molecular weight is 269 g/mol. The van der Waals surface area contributed by atoms with Gasteiger partial charge in [0.05, 0.1) is 6.10 Å². The summed E-state index contributed by atoms with van der Waals surface area (Å²) in [7, 11) is 0. The molecular formula is C15H27NOS. The Balaban J connectivity index is 2.63. The molecule has 0 aromatic carbocycles. The Labute approximate surface area is 116 Å². The van der Waals surface area contributed by atoms with E-state index >= 15 is 0 Å². The quantitative estimate of drug-likeness (QED) is 0.780. The van der Waals surface area contributed by atoms with Gasteiger partial charge in [-0.3, -0.25) is 4.90 Å². The second-order valence-corrected chi connectivity index (χ2v) is 6.05. The summed E-state index contributed by atoms with van der Waals surface area (Å²) >= 11 is 1.78. The van der Waals surface area contributed by atoms with Crippen LogP contribution in [0.2, 0.25) is 0 Å². The molecule has 0 aliphatic heterocycles. The van der Waals surface area contributed by atoms with E-state index in [0.29, 0.717) is 0 Å². The molecule has 1 heterocycles. The lowest BCUT2D eigenvalue weighted by molar-refractivity contribution is -0.0233. The summed E-state index contributed by atoms with van der Waals surface area (Å²) in [5.74, 6) is 0. The van der Waals surface area contributed by atoms with Gasteiger partial charge in [0.1, 0.15) is 0 Å². The SMILES string of the molecule is CCN(CC)C(C)(CC)C(O)CCc1cccs1. The smallest absolute Gasteiger partial charge is 0.0724 e. The third-order valence-corrected chi connectivity index (χ3v) is 5.10. The first kappa shape index (κ1) is 15.7. The van der Waals surface area contributed by atoms with Crippen molar-refractivity contribution < 1.29 is 5.11 Å². The maximum Gasteiger partial charge on any atom is 0.0724 e. The summed E-state index contributed by atoms with van der Waals surface area (Å²) in [6, 6.07) is 4.23. The fourth-order valence-corrected chi connectivity index (χ4v) is 3.39. The zero-order chi connectivity index (χ0) is 13.6. The van der Waals surface area contributed by atoms with Crippen LogP contribution in [0.1, 0.15) is 45.4 Å². The predicted octanol–water partition coefficient (Wildman–Crippen LogP) is 3.55. The fourth-order valence-electron chi connectivity index (χ4n) is 2.66. The molecule has 2 nitrogen and oxygen atoms in total. The molecule has 0 bridgehead atoms. The van der Waals surface area contributed by atoms with Gasteiger partial charge in [0.25, 0.3) is 0 Å². The minimum absolute atomic E-state index is 0.0965. The van der Waals surface area contributed by atoms with Crippen molar-refractivity contribution in [3.8, 4) is 0 Å². The molecule has 0 saturated heterocycles. The molecule has 0 radical (unpaired) electrons. The van der Waals surface area contributed by atoms with Crippen LogP contribution in [0.25, 0.3) is 0 Å². The summed E-state index contributed by atoms with van der Waals surface area (Å²) in [6.45, 7) is 10.7. The molecule has 1 rings (SSSR count). The Hall–Kier alpha value is -0.380. The lowest BCUT2D eigenvalue weighted by atomic mass is 9.86. The van der Waals surface area contributed by atoms with Gasteiger partial charge in [-0.15, -0.1) is 11.3 Å². The van der Waals surface area contributed by atoms with Crippen LogP contribution >= 0.6 is 11.3 Å². The van der Waals surface area contributed by atoms with E-state index < -0.39 is 0 Å². The second kappa shape index (κ2) is 7.27. The molecule has 0 aliphatic rings. The van der Waals surface area contributed by atoms with E-state index in [1.54, 1.807) is 11.3 Å². The molecule has 1 N–H and O–H groups in total. The zero-order valence-electron chi connectivity index (χ0n) is 12.1. The van der Waals surface area contributed by atoms with Crippen LogP contribution in [0.3, 0.4) is 0 Å². The van der Waals surface area contributed by atoms with Crippen LogP contribution in [-0.2, 0) is 6.42 Å². The Bertz CT molecular complexity index is 321. The first-order valence-electron chi connectivity index (χ1n) is 7.03. The van der Waals surface area contributed by atoms with Crippen molar-refractivity contribution >= 4 is 11.3 Å². The third kappa shape index (κ3) is 3.56. The number of nitrogens with zero attached hydrogens (tertiary/aromatic N) is 1. The number of rotatable bonds is 8. The fraction of sp³-hybridized carbons (Fsp3) is 0.733. The first-order valence-corrected chi connectivity index (χ1v) is 7.91. The van der Waals surface area contributed by atoms with Crippen molar-refractivity contribution in [2.45, 2.75) is 58.6 Å². The number of hydrogen-bond donors (Lipinski definition) is 1. The lowest BCUT2D eigenvalue weighted by Crippen LogP contribution is -2.54. The number of aliphatic hydroxyl groups is 1. The van der Waals surface area contributed by atoms with E-state index in [-0.39, 0.29) is 11.6 Å². The molecule has 104 valence electrons. The van der Waals surface area contributed by atoms with Crippen LogP contribution in [0.15, 0.2) is 17.5 Å². The Morgan fingerprint density at radius 1 is 1.33 bits per heavy atom. The standard InChI is InChI=1S/C15H27NOS/c1-5-15(4,16(6-2)7-3)14(17)11-10-13-9-8-12-18-13/h8-9,12,14,17H,5-7,10-11H2,1-4H3. The van der Waals surface area contributed by atoms with Gasteiger partial charge in [-0.1, -0.05) is 26.8 Å². The average Bonchev–Trinajstić information content (AvgIpc) is 2.90. The van der Waals surface area contributed by atoms with Crippen molar-refractivity contribution in [3.05, 3.63) is 22.4 Å². The van der Waals surface area contributed by atoms with Crippen LogP contribution in [0, 0.1) is 0 Å². The highest BCUT2D eigenvalue weighted by molar-refractivity contribution is 7.09. The summed E-state index contributed by atoms with van der Waals surface area (Å²) < 4.78 is 0. The molecule has 0 amide bonds. The summed E-state index contributed by atoms with van der Waals surface area (Å²) in [6.07, 6.45) is 2.56. The van der Waals surface area contributed by atoms with Crippen molar-refractivity contribution in [2.24, 2.45) is 0 Å². The number of thiophene rings is 1. The minimum atomic E-state index is -0.260. The van der Waals surface area contributed by atoms with Crippen molar-refractivity contribution in [2.75, 3.05) is 13.1 Å². The zero-order valence-corrected chi connectivity index (χ0v) is 13.0. The van der Waals surface area contributed by atoms with Gasteiger partial charge >= 0.3 is 0 Å². The summed E-state index contributed by atoms with van der Waals surface area (Å²) in [5, 5.41) is 12.7. The molecule has 3 heteroatoms. The van der Waals surface area contributed by atoms with E-state index in [1.165, 1.54) is 4.88 Å². The van der Waals surface area contributed by atoms with Crippen molar-refractivity contribution in [1.29, 1.82) is 0 Å². The third-order valence-electron chi connectivity index (χ3n) is 4.16. The molecule has 2 atom stereocenters. The molecule has 0 spiro atoms. The number of aliphatic hydroxyl groups excluding tert-OH is 1. The van der Waals surface area contributed by atoms with Crippen LogP contribution in [0.5, 0.6) is 0 Å². The first-order chi connectivity index (χ1) is 8.58.